The molecule has 0 N–H and O–H groups in total. The molecule has 1 aromatic heterocycles. The summed E-state index contributed by atoms with van der Waals surface area (Å²) in [6, 6.07) is 6.87. The maximum Gasteiger partial charge on any atom is 0.127 e. The molecular formula is C15H20ClIN2. The van der Waals surface area contributed by atoms with Gasteiger partial charge in [0.05, 0.1) is 16.4 Å². The molecule has 0 saturated carbocycles. The van der Waals surface area contributed by atoms with Gasteiger partial charge in [0.1, 0.15) is 5.82 Å². The third kappa shape index (κ3) is 3.24. The highest BCUT2D eigenvalue weighted by molar-refractivity contribution is 14.1. The molecule has 19 heavy (non-hydrogen) atoms. The lowest BCUT2D eigenvalue weighted by Gasteiger charge is -2.18. The Hall–Kier alpha value is -0.290. The summed E-state index contributed by atoms with van der Waals surface area (Å²) in [6.45, 7) is 6.49. The first-order valence-electron chi connectivity index (χ1n) is 6.86. The van der Waals surface area contributed by atoms with E-state index in [2.05, 4.69) is 59.2 Å². The van der Waals surface area contributed by atoms with Gasteiger partial charge in [-0.2, -0.15) is 0 Å². The molecule has 2 atom stereocenters. The molecule has 1 heterocycles. The van der Waals surface area contributed by atoms with Crippen LogP contribution < -0.4 is 0 Å². The number of benzene rings is 1. The first-order chi connectivity index (χ1) is 9.04. The minimum absolute atomic E-state index is 0.0610. The van der Waals surface area contributed by atoms with Crippen molar-refractivity contribution >= 4 is 45.2 Å². The van der Waals surface area contributed by atoms with E-state index in [1.807, 2.05) is 6.92 Å². The Morgan fingerprint density at radius 3 is 2.74 bits per heavy atom. The number of imidazole rings is 1. The van der Waals surface area contributed by atoms with Crippen molar-refractivity contribution in [1.82, 2.24) is 9.55 Å². The number of fused-ring (bicyclic) bond motifs is 1. The fraction of sp³-hybridized carbons (Fsp3) is 0.533. The van der Waals surface area contributed by atoms with Gasteiger partial charge >= 0.3 is 0 Å². The number of unbranched alkanes of at least 4 members (excludes halogenated alkanes) is 1. The molecule has 0 radical (unpaired) electrons. The summed E-state index contributed by atoms with van der Waals surface area (Å²) in [6.07, 6.45) is 3.63. The van der Waals surface area contributed by atoms with Crippen molar-refractivity contribution in [3.05, 3.63) is 27.6 Å². The number of rotatable bonds is 5. The lowest BCUT2D eigenvalue weighted by atomic mass is 10.1. The van der Waals surface area contributed by atoms with Crippen LogP contribution in [0.2, 0.25) is 0 Å². The van der Waals surface area contributed by atoms with Gasteiger partial charge < -0.3 is 4.57 Å². The zero-order valence-electron chi connectivity index (χ0n) is 11.7. The van der Waals surface area contributed by atoms with Crippen molar-refractivity contribution in [2.24, 2.45) is 0 Å². The van der Waals surface area contributed by atoms with E-state index in [1.54, 1.807) is 0 Å². The van der Waals surface area contributed by atoms with Crippen molar-refractivity contribution in [1.29, 1.82) is 0 Å². The van der Waals surface area contributed by atoms with Crippen LogP contribution in [0.25, 0.3) is 11.0 Å². The number of hydrogen-bond acceptors (Lipinski definition) is 1. The number of alkyl halides is 1. The minimum atomic E-state index is -0.0610. The van der Waals surface area contributed by atoms with E-state index in [9.17, 15) is 0 Å². The van der Waals surface area contributed by atoms with Gasteiger partial charge in [-0.05, 0) is 61.1 Å². The van der Waals surface area contributed by atoms with Gasteiger partial charge in [-0.25, -0.2) is 4.98 Å². The van der Waals surface area contributed by atoms with Crippen LogP contribution in [0.5, 0.6) is 0 Å². The number of halogens is 2. The molecule has 4 heteroatoms. The summed E-state index contributed by atoms with van der Waals surface area (Å²) < 4.78 is 3.53. The summed E-state index contributed by atoms with van der Waals surface area (Å²) >= 11 is 8.64. The van der Waals surface area contributed by atoms with Gasteiger partial charge in [0.25, 0.3) is 0 Å². The Bertz CT molecular complexity index is 563. The van der Waals surface area contributed by atoms with Crippen LogP contribution in [-0.2, 0) is 0 Å². The third-order valence-corrected chi connectivity index (χ3v) is 4.32. The van der Waals surface area contributed by atoms with Gasteiger partial charge in [0, 0.05) is 9.61 Å². The van der Waals surface area contributed by atoms with E-state index >= 15 is 0 Å². The first-order valence-corrected chi connectivity index (χ1v) is 8.37. The van der Waals surface area contributed by atoms with Crippen molar-refractivity contribution in [3.63, 3.8) is 0 Å². The van der Waals surface area contributed by atoms with Crippen LogP contribution in [0.3, 0.4) is 0 Å². The van der Waals surface area contributed by atoms with Crippen LogP contribution in [0.4, 0.5) is 0 Å². The van der Waals surface area contributed by atoms with Crippen LogP contribution in [0, 0.1) is 3.57 Å². The average Bonchev–Trinajstić information content (AvgIpc) is 2.74. The minimum Gasteiger partial charge on any atom is -0.324 e. The lowest BCUT2D eigenvalue weighted by molar-refractivity contribution is 0.480. The first kappa shape index (κ1) is 15.1. The van der Waals surface area contributed by atoms with Gasteiger partial charge in [-0.15, -0.1) is 11.6 Å². The predicted molar refractivity (Wildman–Crippen MR) is 91.0 cm³/mol. The lowest BCUT2D eigenvalue weighted by Crippen LogP contribution is -2.10. The van der Waals surface area contributed by atoms with Gasteiger partial charge in [-0.1, -0.05) is 19.8 Å². The van der Waals surface area contributed by atoms with Gasteiger partial charge in [0.15, 0.2) is 0 Å². The average molecular weight is 391 g/mol. The SMILES string of the molecule is CCCCC(C)n1c(C(C)Cl)nc2cc(I)ccc21. The highest BCUT2D eigenvalue weighted by atomic mass is 127. The summed E-state index contributed by atoms with van der Waals surface area (Å²) in [5, 5.41) is -0.0610. The Kier molecular flexibility index (Phi) is 5.12. The van der Waals surface area contributed by atoms with Crippen molar-refractivity contribution in [2.45, 2.75) is 51.5 Å². The molecule has 0 aliphatic carbocycles. The third-order valence-electron chi connectivity index (χ3n) is 3.45. The zero-order valence-corrected chi connectivity index (χ0v) is 14.6. The number of nitrogens with zero attached hydrogens (tertiary/aromatic N) is 2. The molecule has 2 rings (SSSR count). The zero-order chi connectivity index (χ0) is 14.0. The largest absolute Gasteiger partial charge is 0.324 e. The van der Waals surface area contributed by atoms with Crippen LogP contribution >= 0.6 is 34.2 Å². The molecule has 0 aliphatic rings. The molecule has 0 aliphatic heterocycles. The summed E-state index contributed by atoms with van der Waals surface area (Å²) in [5.74, 6) is 0.988. The molecule has 2 nitrogen and oxygen atoms in total. The molecule has 1 aromatic carbocycles. The molecular weight excluding hydrogens is 371 g/mol. The van der Waals surface area contributed by atoms with Crippen molar-refractivity contribution in [3.8, 4) is 0 Å². The number of aromatic nitrogens is 2. The fourth-order valence-electron chi connectivity index (χ4n) is 2.46. The molecule has 104 valence electrons. The maximum absolute atomic E-state index is 6.31. The quantitative estimate of drug-likeness (QED) is 0.473. The second-order valence-corrected chi connectivity index (χ2v) is 6.98. The molecule has 0 bridgehead atoms. The Balaban J connectivity index is 2.51. The molecule has 2 unspecified atom stereocenters. The second kappa shape index (κ2) is 6.44. The van der Waals surface area contributed by atoms with Gasteiger partial charge in [0.2, 0.25) is 0 Å². The summed E-state index contributed by atoms with van der Waals surface area (Å²) in [5.41, 5.74) is 2.25. The Labute approximate surface area is 133 Å². The summed E-state index contributed by atoms with van der Waals surface area (Å²) in [4.78, 5) is 4.73. The molecule has 2 aromatic rings. The predicted octanol–water partition coefficient (Wildman–Crippen LogP) is 5.69. The van der Waals surface area contributed by atoms with Crippen molar-refractivity contribution < 1.29 is 0 Å². The molecule has 0 saturated heterocycles. The van der Waals surface area contributed by atoms with Crippen molar-refractivity contribution in [2.75, 3.05) is 0 Å². The van der Waals surface area contributed by atoms with E-state index in [4.69, 9.17) is 16.6 Å². The van der Waals surface area contributed by atoms with E-state index in [-0.39, 0.29) is 5.38 Å². The summed E-state index contributed by atoms with van der Waals surface area (Å²) in [7, 11) is 0. The molecule has 0 spiro atoms. The second-order valence-electron chi connectivity index (χ2n) is 5.08. The molecule has 0 fully saturated rings. The van der Waals surface area contributed by atoms with E-state index < -0.39 is 0 Å². The Morgan fingerprint density at radius 1 is 1.37 bits per heavy atom. The smallest absolute Gasteiger partial charge is 0.127 e. The highest BCUT2D eigenvalue weighted by Crippen LogP contribution is 2.30. The maximum atomic E-state index is 6.31. The van der Waals surface area contributed by atoms with E-state index in [1.165, 1.54) is 28.3 Å². The standard InChI is InChI=1S/C15H20ClIN2/c1-4-5-6-10(2)19-14-8-7-12(17)9-13(14)18-15(19)11(3)16/h7-11H,4-6H2,1-3H3. The topological polar surface area (TPSA) is 17.8 Å². The van der Waals surface area contributed by atoms with Crippen LogP contribution in [0.1, 0.15) is 57.3 Å². The fourth-order valence-corrected chi connectivity index (χ4v) is 3.09. The van der Waals surface area contributed by atoms with Gasteiger partial charge in [-0.3, -0.25) is 0 Å². The van der Waals surface area contributed by atoms with E-state index in [0.29, 0.717) is 6.04 Å². The van der Waals surface area contributed by atoms with E-state index in [0.717, 1.165) is 11.3 Å². The monoisotopic (exact) mass is 390 g/mol. The van der Waals surface area contributed by atoms with Crippen LogP contribution in [0.15, 0.2) is 18.2 Å². The highest BCUT2D eigenvalue weighted by Gasteiger charge is 2.18. The number of hydrogen-bond donors (Lipinski definition) is 0. The normalized spacial score (nSPS) is 14.8. The van der Waals surface area contributed by atoms with Crippen LogP contribution in [-0.4, -0.2) is 9.55 Å². The Morgan fingerprint density at radius 2 is 2.11 bits per heavy atom. The molecule has 0 amide bonds.